The van der Waals surface area contributed by atoms with Crippen LogP contribution in [0.2, 0.25) is 0 Å². The Morgan fingerprint density at radius 3 is 1.17 bits per heavy atom. The first-order chi connectivity index (χ1) is 26.3. The molecule has 9 aromatic carbocycles. The summed E-state index contributed by atoms with van der Waals surface area (Å²) in [5.41, 5.74) is 15.4. The van der Waals surface area contributed by atoms with Crippen molar-refractivity contribution in [1.29, 1.82) is 0 Å². The van der Waals surface area contributed by atoms with Crippen LogP contribution in [0.15, 0.2) is 224 Å². The number of anilines is 3. The molecule has 53 heavy (non-hydrogen) atoms. The molecule has 0 spiro atoms. The second kappa shape index (κ2) is 14.3. The van der Waals surface area contributed by atoms with Gasteiger partial charge in [-0.3, -0.25) is 0 Å². The molecular formula is C52H37N. The van der Waals surface area contributed by atoms with E-state index in [0.29, 0.717) is 0 Å². The molecule has 0 amide bonds. The molecule has 0 N–H and O–H groups in total. The monoisotopic (exact) mass is 675 g/mol. The summed E-state index contributed by atoms with van der Waals surface area (Å²) in [6, 6.07) is 80.8. The SMILES string of the molecule is c1ccc(-c2cccc(-c3ccc(N(c4ccc(-c5cccc(-c6ccccc6)c5)cc4)c4cccc(-c5cccc6ccccc56)c4)cc3)c2)cc1. The molecule has 9 aromatic rings. The predicted octanol–water partition coefficient (Wildman–Crippen LogP) is 14.6. The Labute approximate surface area is 311 Å². The van der Waals surface area contributed by atoms with E-state index in [2.05, 4.69) is 229 Å². The number of hydrogen-bond acceptors (Lipinski definition) is 1. The molecule has 0 aliphatic heterocycles. The molecule has 1 heteroatoms. The molecule has 0 atom stereocenters. The highest BCUT2D eigenvalue weighted by Gasteiger charge is 2.15. The Balaban J connectivity index is 1.11. The maximum absolute atomic E-state index is 2.36. The molecule has 0 aromatic heterocycles. The number of nitrogens with zero attached hydrogens (tertiary/aromatic N) is 1. The standard InChI is InChI=1S/C52H37N/c1-3-13-38(14-4-1)43-19-9-21-45(35-43)40-27-31-48(32-28-40)53(50-24-11-23-47(37-50)52-26-12-18-42-17-7-8-25-51(42)52)49-33-29-41(30-34-49)46-22-10-20-44(36-46)39-15-5-2-6-16-39/h1-37H. The van der Waals surface area contributed by atoms with Gasteiger partial charge in [-0.05, 0) is 115 Å². The van der Waals surface area contributed by atoms with Crippen LogP contribution in [0.3, 0.4) is 0 Å². The molecule has 0 unspecified atom stereocenters. The van der Waals surface area contributed by atoms with Crippen LogP contribution in [-0.2, 0) is 0 Å². The summed E-state index contributed by atoms with van der Waals surface area (Å²) in [6.07, 6.45) is 0. The molecular weight excluding hydrogens is 639 g/mol. The molecule has 0 heterocycles. The predicted molar refractivity (Wildman–Crippen MR) is 226 cm³/mol. The molecule has 0 aliphatic carbocycles. The fourth-order valence-electron chi connectivity index (χ4n) is 7.36. The van der Waals surface area contributed by atoms with Crippen molar-refractivity contribution in [2.75, 3.05) is 4.90 Å². The fraction of sp³-hybridized carbons (Fsp3) is 0. The van der Waals surface area contributed by atoms with Crippen LogP contribution in [0, 0.1) is 0 Å². The third-order valence-corrected chi connectivity index (χ3v) is 10.1. The maximum Gasteiger partial charge on any atom is 0.0467 e. The third-order valence-electron chi connectivity index (χ3n) is 10.1. The molecule has 0 saturated heterocycles. The average molecular weight is 676 g/mol. The van der Waals surface area contributed by atoms with Gasteiger partial charge in [0, 0.05) is 17.1 Å². The summed E-state index contributed by atoms with van der Waals surface area (Å²) in [4.78, 5) is 2.36. The first kappa shape index (κ1) is 32.0. The van der Waals surface area contributed by atoms with Gasteiger partial charge in [-0.1, -0.05) is 176 Å². The van der Waals surface area contributed by atoms with E-state index in [1.807, 2.05) is 0 Å². The van der Waals surface area contributed by atoms with Crippen molar-refractivity contribution >= 4 is 27.8 Å². The van der Waals surface area contributed by atoms with Crippen molar-refractivity contribution in [1.82, 2.24) is 0 Å². The summed E-state index contributed by atoms with van der Waals surface area (Å²) in [7, 11) is 0. The lowest BCUT2D eigenvalue weighted by atomic mass is 9.97. The topological polar surface area (TPSA) is 3.24 Å². The maximum atomic E-state index is 2.36. The Hall–Kier alpha value is -6.96. The van der Waals surface area contributed by atoms with Crippen LogP contribution in [0.5, 0.6) is 0 Å². The van der Waals surface area contributed by atoms with Gasteiger partial charge in [0.15, 0.2) is 0 Å². The highest BCUT2D eigenvalue weighted by molar-refractivity contribution is 5.97. The lowest BCUT2D eigenvalue weighted by Crippen LogP contribution is -2.10. The fourth-order valence-corrected chi connectivity index (χ4v) is 7.36. The van der Waals surface area contributed by atoms with E-state index in [9.17, 15) is 0 Å². The number of benzene rings is 9. The summed E-state index contributed by atoms with van der Waals surface area (Å²) in [5.74, 6) is 0. The molecule has 0 radical (unpaired) electrons. The van der Waals surface area contributed by atoms with Gasteiger partial charge in [-0.15, -0.1) is 0 Å². The van der Waals surface area contributed by atoms with Crippen LogP contribution in [0.1, 0.15) is 0 Å². The zero-order valence-corrected chi connectivity index (χ0v) is 29.3. The quantitative estimate of drug-likeness (QED) is 0.155. The lowest BCUT2D eigenvalue weighted by molar-refractivity contribution is 1.28. The number of fused-ring (bicyclic) bond motifs is 1. The summed E-state index contributed by atoms with van der Waals surface area (Å²) in [6.45, 7) is 0. The van der Waals surface area contributed by atoms with Crippen molar-refractivity contribution < 1.29 is 0 Å². The van der Waals surface area contributed by atoms with Gasteiger partial charge >= 0.3 is 0 Å². The second-order valence-electron chi connectivity index (χ2n) is 13.4. The Kier molecular flexibility index (Phi) is 8.66. The summed E-state index contributed by atoms with van der Waals surface area (Å²) < 4.78 is 0. The van der Waals surface area contributed by atoms with Gasteiger partial charge in [0.1, 0.15) is 0 Å². The van der Waals surface area contributed by atoms with Gasteiger partial charge < -0.3 is 4.90 Å². The Morgan fingerprint density at radius 2 is 0.623 bits per heavy atom. The second-order valence-corrected chi connectivity index (χ2v) is 13.4. The van der Waals surface area contributed by atoms with Crippen molar-refractivity contribution in [2.45, 2.75) is 0 Å². The molecule has 0 saturated carbocycles. The van der Waals surface area contributed by atoms with Crippen molar-refractivity contribution in [2.24, 2.45) is 0 Å². The van der Waals surface area contributed by atoms with Crippen LogP contribution in [0.25, 0.3) is 66.4 Å². The largest absolute Gasteiger partial charge is 0.310 e. The average Bonchev–Trinajstić information content (AvgIpc) is 3.25. The van der Waals surface area contributed by atoms with E-state index >= 15 is 0 Å². The van der Waals surface area contributed by atoms with E-state index in [1.54, 1.807) is 0 Å². The third kappa shape index (κ3) is 6.65. The normalized spacial score (nSPS) is 11.0. The van der Waals surface area contributed by atoms with Gasteiger partial charge in [-0.2, -0.15) is 0 Å². The van der Waals surface area contributed by atoms with Gasteiger partial charge in [0.05, 0.1) is 0 Å². The van der Waals surface area contributed by atoms with E-state index in [-0.39, 0.29) is 0 Å². The molecule has 0 fully saturated rings. The van der Waals surface area contributed by atoms with Crippen LogP contribution in [0.4, 0.5) is 17.1 Å². The molecule has 250 valence electrons. The van der Waals surface area contributed by atoms with Gasteiger partial charge in [0.25, 0.3) is 0 Å². The van der Waals surface area contributed by atoms with E-state index in [1.165, 1.54) is 66.4 Å². The summed E-state index contributed by atoms with van der Waals surface area (Å²) >= 11 is 0. The van der Waals surface area contributed by atoms with Crippen LogP contribution < -0.4 is 4.90 Å². The minimum absolute atomic E-state index is 1.10. The number of hydrogen-bond donors (Lipinski definition) is 0. The van der Waals surface area contributed by atoms with Crippen molar-refractivity contribution in [3.8, 4) is 55.6 Å². The smallest absolute Gasteiger partial charge is 0.0467 e. The van der Waals surface area contributed by atoms with Crippen molar-refractivity contribution in [3.05, 3.63) is 224 Å². The van der Waals surface area contributed by atoms with Crippen molar-refractivity contribution in [3.63, 3.8) is 0 Å². The van der Waals surface area contributed by atoms with Gasteiger partial charge in [-0.25, -0.2) is 0 Å². The minimum Gasteiger partial charge on any atom is -0.310 e. The highest BCUT2D eigenvalue weighted by Crippen LogP contribution is 2.40. The first-order valence-corrected chi connectivity index (χ1v) is 18.2. The molecule has 1 nitrogen and oxygen atoms in total. The lowest BCUT2D eigenvalue weighted by Gasteiger charge is -2.26. The molecule has 0 aliphatic rings. The zero-order valence-electron chi connectivity index (χ0n) is 29.3. The van der Waals surface area contributed by atoms with Crippen LogP contribution in [-0.4, -0.2) is 0 Å². The first-order valence-electron chi connectivity index (χ1n) is 18.2. The van der Waals surface area contributed by atoms with E-state index in [4.69, 9.17) is 0 Å². The minimum atomic E-state index is 1.10. The molecule has 0 bridgehead atoms. The number of rotatable bonds is 8. The van der Waals surface area contributed by atoms with Gasteiger partial charge in [0.2, 0.25) is 0 Å². The zero-order chi connectivity index (χ0) is 35.4. The van der Waals surface area contributed by atoms with Crippen LogP contribution >= 0.6 is 0 Å². The van der Waals surface area contributed by atoms with E-state index in [0.717, 1.165) is 17.1 Å². The summed E-state index contributed by atoms with van der Waals surface area (Å²) in [5, 5.41) is 2.49. The highest BCUT2D eigenvalue weighted by atomic mass is 15.1. The van der Waals surface area contributed by atoms with E-state index < -0.39 is 0 Å². The Morgan fingerprint density at radius 1 is 0.226 bits per heavy atom. The molecule has 9 rings (SSSR count). The Bertz CT molecular complexity index is 2510.